The molecule has 1 aromatic rings. The summed E-state index contributed by atoms with van der Waals surface area (Å²) in [6.45, 7) is 10.4. The van der Waals surface area contributed by atoms with Crippen LogP contribution in [0.4, 0.5) is 0 Å². The van der Waals surface area contributed by atoms with Crippen molar-refractivity contribution in [1.82, 2.24) is 0 Å². The maximum absolute atomic E-state index is 5.97. The van der Waals surface area contributed by atoms with E-state index in [1.165, 1.54) is 24.0 Å². The van der Waals surface area contributed by atoms with Gasteiger partial charge in [0.05, 0.1) is 6.61 Å². The third-order valence-electron chi connectivity index (χ3n) is 3.30. The molecule has 1 rings (SSSR count). The van der Waals surface area contributed by atoms with Crippen LogP contribution in [0.2, 0.25) is 0 Å². The van der Waals surface area contributed by atoms with Crippen molar-refractivity contribution in [3.63, 3.8) is 0 Å². The van der Waals surface area contributed by atoms with Crippen molar-refractivity contribution in [2.24, 2.45) is 5.73 Å². The fourth-order valence-electron chi connectivity index (χ4n) is 2.14. The summed E-state index contributed by atoms with van der Waals surface area (Å²) < 4.78 is 5.97. The van der Waals surface area contributed by atoms with E-state index in [9.17, 15) is 0 Å². The average Bonchev–Trinajstić information content (AvgIpc) is 2.34. The lowest BCUT2D eigenvalue weighted by molar-refractivity contribution is 0.297. The summed E-state index contributed by atoms with van der Waals surface area (Å²) in [5.74, 6) is 1.04. The molecule has 0 atom stereocenters. The molecule has 0 aliphatic heterocycles. The highest BCUT2D eigenvalue weighted by Crippen LogP contribution is 2.32. The molecule has 2 nitrogen and oxygen atoms in total. The van der Waals surface area contributed by atoms with Gasteiger partial charge in [-0.1, -0.05) is 51.3 Å². The first-order valence-corrected chi connectivity index (χ1v) is 7.39. The molecule has 0 aromatic heterocycles. The van der Waals surface area contributed by atoms with Crippen molar-refractivity contribution in [2.45, 2.75) is 58.8 Å². The predicted molar refractivity (Wildman–Crippen MR) is 82.9 cm³/mol. The van der Waals surface area contributed by atoms with Gasteiger partial charge in [-0.15, -0.1) is 0 Å². The summed E-state index contributed by atoms with van der Waals surface area (Å²) in [6, 6.07) is 6.47. The molecule has 2 heteroatoms. The second kappa shape index (κ2) is 7.54. The maximum Gasteiger partial charge on any atom is 0.123 e. The molecule has 0 amide bonds. The molecule has 0 saturated heterocycles. The number of rotatable bonds is 7. The lowest BCUT2D eigenvalue weighted by Gasteiger charge is -2.23. The molecule has 0 fully saturated rings. The zero-order valence-corrected chi connectivity index (χ0v) is 13.0. The second-order valence-corrected chi connectivity index (χ2v) is 6.30. The van der Waals surface area contributed by atoms with Crippen molar-refractivity contribution in [3.05, 3.63) is 29.3 Å². The summed E-state index contributed by atoms with van der Waals surface area (Å²) in [5.41, 5.74) is 8.20. The Morgan fingerprint density at radius 3 is 2.37 bits per heavy atom. The molecule has 0 heterocycles. The van der Waals surface area contributed by atoms with Crippen LogP contribution in [0, 0.1) is 6.92 Å². The smallest absolute Gasteiger partial charge is 0.123 e. The van der Waals surface area contributed by atoms with Gasteiger partial charge in [0, 0.05) is 0 Å². The first-order chi connectivity index (χ1) is 8.95. The number of unbranched alkanes of at least 4 members (excludes halogenated alkanes) is 3. The quantitative estimate of drug-likeness (QED) is 0.749. The molecule has 19 heavy (non-hydrogen) atoms. The Morgan fingerprint density at radius 2 is 1.74 bits per heavy atom. The Hall–Kier alpha value is -1.02. The summed E-state index contributed by atoms with van der Waals surface area (Å²) in [4.78, 5) is 0. The van der Waals surface area contributed by atoms with E-state index < -0.39 is 0 Å². The summed E-state index contributed by atoms with van der Waals surface area (Å²) in [6.07, 6.45) is 4.64. The first kappa shape index (κ1) is 16.0. The first-order valence-electron chi connectivity index (χ1n) is 7.39. The third-order valence-corrected chi connectivity index (χ3v) is 3.30. The maximum atomic E-state index is 5.97. The average molecular weight is 263 g/mol. The van der Waals surface area contributed by atoms with E-state index in [2.05, 4.69) is 45.9 Å². The lowest BCUT2D eigenvalue weighted by Crippen LogP contribution is -2.14. The highest BCUT2D eigenvalue weighted by Gasteiger charge is 2.18. The van der Waals surface area contributed by atoms with E-state index in [1.54, 1.807) is 0 Å². The zero-order valence-electron chi connectivity index (χ0n) is 13.0. The van der Waals surface area contributed by atoms with Gasteiger partial charge in [-0.25, -0.2) is 0 Å². The second-order valence-electron chi connectivity index (χ2n) is 6.30. The molecule has 1 aromatic carbocycles. The van der Waals surface area contributed by atoms with Gasteiger partial charge >= 0.3 is 0 Å². The van der Waals surface area contributed by atoms with Crippen LogP contribution >= 0.6 is 0 Å². The van der Waals surface area contributed by atoms with Crippen LogP contribution in [0.15, 0.2) is 18.2 Å². The normalized spacial score (nSPS) is 11.6. The summed E-state index contributed by atoms with van der Waals surface area (Å²) in [7, 11) is 0. The molecule has 0 unspecified atom stereocenters. The largest absolute Gasteiger partial charge is 0.493 e. The molecule has 0 radical (unpaired) electrons. The molecule has 108 valence electrons. The fourth-order valence-corrected chi connectivity index (χ4v) is 2.14. The van der Waals surface area contributed by atoms with Crippen LogP contribution in [0.25, 0.3) is 0 Å². The van der Waals surface area contributed by atoms with Gasteiger partial charge in [0.2, 0.25) is 0 Å². The topological polar surface area (TPSA) is 35.2 Å². The number of benzene rings is 1. The lowest BCUT2D eigenvalue weighted by atomic mass is 9.85. The standard InChI is InChI=1S/C17H29NO/c1-14-9-10-16(15(13-14)17(2,3)4)19-12-8-6-5-7-11-18/h9-10,13H,5-8,11-12,18H2,1-4H3. The van der Waals surface area contributed by atoms with Crippen LogP contribution in [-0.4, -0.2) is 13.2 Å². The van der Waals surface area contributed by atoms with Crippen molar-refractivity contribution >= 4 is 0 Å². The van der Waals surface area contributed by atoms with E-state index >= 15 is 0 Å². The Labute approximate surface area is 118 Å². The van der Waals surface area contributed by atoms with Gasteiger partial charge < -0.3 is 10.5 Å². The van der Waals surface area contributed by atoms with E-state index in [0.29, 0.717) is 0 Å². The molecular weight excluding hydrogens is 234 g/mol. The van der Waals surface area contributed by atoms with Gasteiger partial charge in [0.1, 0.15) is 5.75 Å². The molecule has 0 saturated carbocycles. The highest BCUT2D eigenvalue weighted by atomic mass is 16.5. The van der Waals surface area contributed by atoms with E-state index in [1.807, 2.05) is 0 Å². The van der Waals surface area contributed by atoms with Crippen molar-refractivity contribution in [2.75, 3.05) is 13.2 Å². The molecule has 0 aliphatic rings. The highest BCUT2D eigenvalue weighted by molar-refractivity contribution is 5.41. The van der Waals surface area contributed by atoms with Gasteiger partial charge in [-0.2, -0.15) is 0 Å². The van der Waals surface area contributed by atoms with Crippen molar-refractivity contribution in [3.8, 4) is 5.75 Å². The predicted octanol–water partition coefficient (Wildman–Crippen LogP) is 4.19. The minimum absolute atomic E-state index is 0.126. The summed E-state index contributed by atoms with van der Waals surface area (Å²) in [5, 5.41) is 0. The van der Waals surface area contributed by atoms with Crippen LogP contribution in [0.3, 0.4) is 0 Å². The van der Waals surface area contributed by atoms with Crippen LogP contribution in [0.1, 0.15) is 57.6 Å². The minimum atomic E-state index is 0.126. The number of hydrogen-bond donors (Lipinski definition) is 1. The van der Waals surface area contributed by atoms with E-state index in [-0.39, 0.29) is 5.41 Å². The van der Waals surface area contributed by atoms with Crippen molar-refractivity contribution in [1.29, 1.82) is 0 Å². The Morgan fingerprint density at radius 1 is 1.05 bits per heavy atom. The molecule has 0 spiro atoms. The van der Waals surface area contributed by atoms with Crippen LogP contribution in [-0.2, 0) is 5.41 Å². The van der Waals surface area contributed by atoms with Crippen LogP contribution in [0.5, 0.6) is 5.75 Å². The van der Waals surface area contributed by atoms with E-state index in [0.717, 1.165) is 31.7 Å². The van der Waals surface area contributed by atoms with Crippen molar-refractivity contribution < 1.29 is 4.74 Å². The SMILES string of the molecule is Cc1ccc(OCCCCCCN)c(C(C)(C)C)c1. The van der Waals surface area contributed by atoms with Gasteiger partial charge in [0.15, 0.2) is 0 Å². The van der Waals surface area contributed by atoms with Crippen LogP contribution < -0.4 is 10.5 Å². The Bertz CT molecular complexity index is 379. The summed E-state index contributed by atoms with van der Waals surface area (Å²) >= 11 is 0. The third kappa shape index (κ3) is 5.65. The molecule has 0 aliphatic carbocycles. The Kier molecular flexibility index (Phi) is 6.36. The number of aryl methyl sites for hydroxylation is 1. The van der Waals surface area contributed by atoms with Gasteiger partial charge in [-0.05, 0) is 43.4 Å². The number of nitrogens with two attached hydrogens (primary N) is 1. The molecule has 2 N–H and O–H groups in total. The Balaban J connectivity index is 2.54. The number of ether oxygens (including phenoxy) is 1. The molecular formula is C17H29NO. The zero-order chi connectivity index (χ0) is 14.3. The van der Waals surface area contributed by atoms with Gasteiger partial charge in [0.25, 0.3) is 0 Å². The number of hydrogen-bond acceptors (Lipinski definition) is 2. The fraction of sp³-hybridized carbons (Fsp3) is 0.647. The monoisotopic (exact) mass is 263 g/mol. The molecule has 0 bridgehead atoms. The van der Waals surface area contributed by atoms with E-state index in [4.69, 9.17) is 10.5 Å². The minimum Gasteiger partial charge on any atom is -0.493 e. The van der Waals surface area contributed by atoms with Gasteiger partial charge in [-0.3, -0.25) is 0 Å².